The van der Waals surface area contributed by atoms with Crippen molar-refractivity contribution in [1.29, 1.82) is 0 Å². The van der Waals surface area contributed by atoms with Gasteiger partial charge in [0.2, 0.25) is 0 Å². The normalized spacial score (nSPS) is 12.4. The van der Waals surface area contributed by atoms with Gasteiger partial charge in [-0.1, -0.05) is 72.8 Å². The summed E-state index contributed by atoms with van der Waals surface area (Å²) in [5.74, 6) is 0. The Kier molecular flexibility index (Phi) is 6.50. The molecular formula is C30H26BrN2P. The summed E-state index contributed by atoms with van der Waals surface area (Å²) in [5, 5.41) is 9.39. The zero-order valence-electron chi connectivity index (χ0n) is 18.9. The van der Waals surface area contributed by atoms with Crippen molar-refractivity contribution >= 4 is 23.2 Å². The van der Waals surface area contributed by atoms with Crippen molar-refractivity contribution in [3.05, 3.63) is 138 Å². The average molecular weight is 525 g/mol. The van der Waals surface area contributed by atoms with E-state index in [9.17, 15) is 0 Å². The maximum atomic E-state index is 5.20. The molecule has 34 heavy (non-hydrogen) atoms. The molecule has 0 saturated carbocycles. The smallest absolute Gasteiger partial charge is 0.118 e. The predicted molar refractivity (Wildman–Crippen MR) is 140 cm³/mol. The number of aromatic nitrogens is 2. The second-order valence-electron chi connectivity index (χ2n) is 8.64. The second kappa shape index (κ2) is 9.70. The number of hydrogen-bond acceptors (Lipinski definition) is 1. The van der Waals surface area contributed by atoms with Gasteiger partial charge in [-0.3, -0.25) is 0 Å². The maximum Gasteiger partial charge on any atom is 0.118 e. The van der Waals surface area contributed by atoms with Gasteiger partial charge in [0.25, 0.3) is 0 Å². The number of halogens is 1. The average Bonchev–Trinajstić information content (AvgIpc) is 3.32. The van der Waals surface area contributed by atoms with Crippen LogP contribution in [-0.4, -0.2) is 9.78 Å². The van der Waals surface area contributed by atoms with E-state index in [0.717, 1.165) is 19.0 Å². The molecule has 2 nitrogen and oxygen atoms in total. The SMILES string of the molecule is [Br-].c1ccc([P+](Cc2cc3n(n2)-c2ccccc2CC3)(c2ccccc2)c2ccccc2)cc1. The molecule has 0 fully saturated rings. The number of nitrogens with zero attached hydrogens (tertiary/aromatic N) is 2. The van der Waals surface area contributed by atoms with E-state index in [1.54, 1.807) is 0 Å². The summed E-state index contributed by atoms with van der Waals surface area (Å²) in [6.07, 6.45) is 3.03. The zero-order chi connectivity index (χ0) is 22.1. The highest BCUT2D eigenvalue weighted by atomic mass is 79.9. The van der Waals surface area contributed by atoms with Crippen molar-refractivity contribution in [2.75, 3.05) is 0 Å². The highest BCUT2D eigenvalue weighted by Crippen LogP contribution is 2.58. The molecule has 6 rings (SSSR count). The van der Waals surface area contributed by atoms with Gasteiger partial charge in [0.05, 0.1) is 5.69 Å². The summed E-state index contributed by atoms with van der Waals surface area (Å²) in [4.78, 5) is 0. The Morgan fingerprint density at radius 1 is 0.618 bits per heavy atom. The Hall–Kier alpha value is -3.00. The van der Waals surface area contributed by atoms with Crippen LogP contribution in [0.4, 0.5) is 0 Å². The molecule has 0 N–H and O–H groups in total. The first-order valence-corrected chi connectivity index (χ1v) is 13.5. The first-order chi connectivity index (χ1) is 16.3. The van der Waals surface area contributed by atoms with Crippen molar-refractivity contribution < 1.29 is 17.0 Å². The fourth-order valence-electron chi connectivity index (χ4n) is 5.14. The lowest BCUT2D eigenvalue weighted by atomic mass is 10.0. The third kappa shape index (κ3) is 3.94. The van der Waals surface area contributed by atoms with Crippen LogP contribution in [0.25, 0.3) is 5.69 Å². The van der Waals surface area contributed by atoms with Gasteiger partial charge in [-0.15, -0.1) is 0 Å². The van der Waals surface area contributed by atoms with Crippen molar-refractivity contribution in [3.63, 3.8) is 0 Å². The third-order valence-electron chi connectivity index (χ3n) is 6.69. The van der Waals surface area contributed by atoms with Crippen LogP contribution in [0.3, 0.4) is 0 Å². The number of rotatable bonds is 5. The number of benzene rings is 4. The number of para-hydroxylation sites is 1. The minimum absolute atomic E-state index is 0. The van der Waals surface area contributed by atoms with Crippen molar-refractivity contribution in [3.8, 4) is 5.69 Å². The van der Waals surface area contributed by atoms with Gasteiger partial charge in [-0.05, 0) is 66.9 Å². The molecule has 4 aromatic carbocycles. The largest absolute Gasteiger partial charge is 1.00 e. The zero-order valence-corrected chi connectivity index (χ0v) is 21.4. The van der Waals surface area contributed by atoms with E-state index in [2.05, 4.69) is 126 Å². The van der Waals surface area contributed by atoms with E-state index >= 15 is 0 Å². The van der Waals surface area contributed by atoms with Gasteiger partial charge in [0.1, 0.15) is 35.0 Å². The highest BCUT2D eigenvalue weighted by Gasteiger charge is 2.46. The summed E-state index contributed by atoms with van der Waals surface area (Å²) in [7, 11) is -1.94. The van der Waals surface area contributed by atoms with Crippen LogP contribution in [0.15, 0.2) is 121 Å². The molecular weight excluding hydrogens is 499 g/mol. The van der Waals surface area contributed by atoms with Crippen LogP contribution in [0, 0.1) is 0 Å². The van der Waals surface area contributed by atoms with Gasteiger partial charge in [-0.25, -0.2) is 4.68 Å². The Labute approximate surface area is 212 Å². The molecule has 0 atom stereocenters. The van der Waals surface area contributed by atoms with Crippen LogP contribution in [0.1, 0.15) is 17.0 Å². The minimum Gasteiger partial charge on any atom is -1.00 e. The second-order valence-corrected chi connectivity index (χ2v) is 12.1. The molecule has 2 heterocycles. The third-order valence-corrected chi connectivity index (χ3v) is 11.0. The van der Waals surface area contributed by atoms with Gasteiger partial charge >= 0.3 is 0 Å². The van der Waals surface area contributed by atoms with Crippen molar-refractivity contribution in [2.24, 2.45) is 0 Å². The standard InChI is InChI=1S/C30H26N2P.BrH/c1-4-13-27(14-5-1)33(28-15-6-2-7-16-28,29-17-8-3-9-18-29)23-25-22-26-21-20-24-12-10-11-19-30(24)32(26)31-25;/h1-19,22H,20-21,23H2;1H/q+1;/p-1. The van der Waals surface area contributed by atoms with Crippen molar-refractivity contribution in [1.82, 2.24) is 9.78 Å². The highest BCUT2D eigenvalue weighted by molar-refractivity contribution is 7.95. The van der Waals surface area contributed by atoms with E-state index < -0.39 is 7.26 Å². The Balaban J connectivity index is 0.00000241. The number of aryl methyl sites for hydroxylation is 2. The molecule has 5 aromatic rings. The molecule has 0 amide bonds. The Morgan fingerprint density at radius 2 is 1.12 bits per heavy atom. The molecule has 0 bridgehead atoms. The van der Waals surface area contributed by atoms with Gasteiger partial charge in [-0.2, -0.15) is 5.10 Å². The lowest BCUT2D eigenvalue weighted by molar-refractivity contribution is -0.00000648. The molecule has 0 unspecified atom stereocenters. The van der Waals surface area contributed by atoms with Crippen LogP contribution >= 0.6 is 7.26 Å². The molecule has 0 saturated heterocycles. The summed E-state index contributed by atoms with van der Waals surface area (Å²) in [6.45, 7) is 0. The van der Waals surface area contributed by atoms with E-state index in [4.69, 9.17) is 5.10 Å². The summed E-state index contributed by atoms with van der Waals surface area (Å²) in [5.41, 5.74) is 5.10. The Bertz CT molecular complexity index is 1280. The first-order valence-electron chi connectivity index (χ1n) is 11.6. The molecule has 0 aliphatic carbocycles. The quantitative estimate of drug-likeness (QED) is 0.323. The molecule has 1 aliphatic heterocycles. The molecule has 4 heteroatoms. The lowest BCUT2D eigenvalue weighted by Gasteiger charge is -2.27. The van der Waals surface area contributed by atoms with Crippen LogP contribution in [-0.2, 0) is 19.0 Å². The summed E-state index contributed by atoms with van der Waals surface area (Å²) < 4.78 is 2.18. The summed E-state index contributed by atoms with van der Waals surface area (Å²) in [6, 6.07) is 44.2. The van der Waals surface area contributed by atoms with E-state index in [0.29, 0.717) is 0 Å². The van der Waals surface area contributed by atoms with E-state index in [1.807, 2.05) is 0 Å². The maximum absolute atomic E-state index is 5.20. The monoisotopic (exact) mass is 524 g/mol. The molecule has 0 radical (unpaired) electrons. The van der Waals surface area contributed by atoms with Crippen LogP contribution in [0.5, 0.6) is 0 Å². The molecule has 168 valence electrons. The Morgan fingerprint density at radius 3 is 1.68 bits per heavy atom. The van der Waals surface area contributed by atoms with Crippen LogP contribution in [0.2, 0.25) is 0 Å². The topological polar surface area (TPSA) is 17.8 Å². The van der Waals surface area contributed by atoms with E-state index in [1.165, 1.54) is 38.6 Å². The van der Waals surface area contributed by atoms with Gasteiger partial charge in [0, 0.05) is 5.69 Å². The molecule has 0 spiro atoms. The molecule has 1 aromatic heterocycles. The first kappa shape index (κ1) is 22.8. The summed E-state index contributed by atoms with van der Waals surface area (Å²) >= 11 is 0. The lowest BCUT2D eigenvalue weighted by Crippen LogP contribution is -3.00. The number of fused-ring (bicyclic) bond motifs is 3. The van der Waals surface area contributed by atoms with Crippen LogP contribution < -0.4 is 32.9 Å². The van der Waals surface area contributed by atoms with Crippen molar-refractivity contribution in [2.45, 2.75) is 19.0 Å². The minimum atomic E-state index is -1.94. The number of hydrogen-bond donors (Lipinski definition) is 0. The van der Waals surface area contributed by atoms with E-state index in [-0.39, 0.29) is 17.0 Å². The van der Waals surface area contributed by atoms with Gasteiger partial charge in [0.15, 0.2) is 0 Å². The fraction of sp³-hybridized carbons (Fsp3) is 0.100. The molecule has 1 aliphatic rings. The fourth-order valence-corrected chi connectivity index (χ4v) is 9.27. The predicted octanol–water partition coefficient (Wildman–Crippen LogP) is 2.47. The van der Waals surface area contributed by atoms with Gasteiger partial charge < -0.3 is 17.0 Å².